The van der Waals surface area contributed by atoms with E-state index in [2.05, 4.69) is 10.3 Å². The van der Waals surface area contributed by atoms with Crippen molar-refractivity contribution < 1.29 is 58.0 Å². The number of aliphatic carboxylic acids is 1. The topological polar surface area (TPSA) is 258 Å². The molecule has 0 radical (unpaired) electrons. The van der Waals surface area contributed by atoms with Crippen LogP contribution in [-0.4, -0.2) is 73.4 Å². The van der Waals surface area contributed by atoms with Crippen molar-refractivity contribution in [2.24, 2.45) is 4.99 Å². The summed E-state index contributed by atoms with van der Waals surface area (Å²) in [4.78, 5) is 30.6. The summed E-state index contributed by atoms with van der Waals surface area (Å²) >= 11 is 0. The van der Waals surface area contributed by atoms with Crippen molar-refractivity contribution in [2.75, 3.05) is 11.9 Å². The average Bonchev–Trinajstić information content (AvgIpc) is 3.68. The number of benzene rings is 5. The van der Waals surface area contributed by atoms with Crippen molar-refractivity contribution in [3.63, 3.8) is 0 Å². The Balaban J connectivity index is 1.43. The maximum atomic E-state index is 14.1. The highest BCUT2D eigenvalue weighted by molar-refractivity contribution is 7.86. The number of hydrogen-bond donors (Lipinski definition) is 5. The Morgan fingerprint density at radius 2 is 1.47 bits per heavy atom. The molecule has 3 aliphatic rings. The van der Waals surface area contributed by atoms with Gasteiger partial charge in [0.25, 0.3) is 36.3 Å². The minimum Gasteiger partial charge on any atom is -0.480 e. The molecule has 1 unspecified atom stereocenters. The molecule has 0 bridgehead atoms. The summed E-state index contributed by atoms with van der Waals surface area (Å²) in [6, 6.07) is 23.5. The highest BCUT2D eigenvalue weighted by atomic mass is 32.2. The van der Waals surface area contributed by atoms with Gasteiger partial charge in [0.2, 0.25) is 0 Å². The monoisotopic (exact) mass is 847 g/mol. The third-order valence-corrected chi connectivity index (χ3v) is 12.4. The number of carbonyl (C=O) groups excluding carboxylic acids is 1. The normalized spacial score (nSPS) is 15.3. The van der Waals surface area contributed by atoms with Crippen LogP contribution in [0.2, 0.25) is 0 Å². The van der Waals surface area contributed by atoms with Gasteiger partial charge in [0, 0.05) is 53.0 Å². The highest BCUT2D eigenvalue weighted by Crippen LogP contribution is 2.43. The van der Waals surface area contributed by atoms with E-state index in [1.165, 1.54) is 47.4 Å². The summed E-state index contributed by atoms with van der Waals surface area (Å²) in [6.07, 6.45) is 0.735. The number of carbonyl (C=O) groups is 2. The van der Waals surface area contributed by atoms with E-state index in [0.717, 1.165) is 18.2 Å². The molecular weight excluding hydrogens is 815 g/mol. The van der Waals surface area contributed by atoms with Gasteiger partial charge in [-0.3, -0.25) is 23.4 Å². The van der Waals surface area contributed by atoms with E-state index in [1.54, 1.807) is 42.5 Å². The minimum absolute atomic E-state index is 0.0359. The quantitative estimate of drug-likeness (QED) is 0.0814. The fraction of sp³-hybridized carbons (Fsp3) is 0.154. The Labute approximate surface area is 331 Å². The van der Waals surface area contributed by atoms with Gasteiger partial charge in [-0.2, -0.15) is 25.3 Å². The number of hydrogen-bond acceptors (Lipinski definition) is 11. The molecule has 1 amide bonds. The molecule has 19 heteroatoms. The first-order valence-electron chi connectivity index (χ1n) is 17.4. The van der Waals surface area contributed by atoms with Crippen LogP contribution >= 0.6 is 0 Å². The number of likely N-dealkylation sites (tertiary alicyclic amines) is 1. The van der Waals surface area contributed by atoms with Crippen molar-refractivity contribution in [3.8, 4) is 22.5 Å². The van der Waals surface area contributed by atoms with Crippen LogP contribution < -0.4 is 10.7 Å². The van der Waals surface area contributed by atoms with Gasteiger partial charge in [-0.25, -0.2) is 4.79 Å². The second-order valence-electron chi connectivity index (χ2n) is 13.4. The fourth-order valence-corrected chi connectivity index (χ4v) is 8.84. The molecule has 4 aromatic rings. The molecular formula is C39H33N3O13S3. The molecule has 1 fully saturated rings. The molecule has 1 aliphatic carbocycles. The van der Waals surface area contributed by atoms with E-state index in [1.807, 2.05) is 0 Å². The van der Waals surface area contributed by atoms with Crippen LogP contribution in [0.15, 0.2) is 127 Å². The van der Waals surface area contributed by atoms with Crippen molar-refractivity contribution in [2.45, 2.75) is 46.7 Å². The summed E-state index contributed by atoms with van der Waals surface area (Å²) < 4.78 is 109. The van der Waals surface area contributed by atoms with Gasteiger partial charge >= 0.3 is 5.97 Å². The van der Waals surface area contributed by atoms with E-state index in [0.29, 0.717) is 34.2 Å². The molecule has 16 nitrogen and oxygen atoms in total. The van der Waals surface area contributed by atoms with Crippen molar-refractivity contribution in [1.29, 1.82) is 0 Å². The minimum atomic E-state index is -4.98. The Morgan fingerprint density at radius 1 is 0.776 bits per heavy atom. The van der Waals surface area contributed by atoms with Crippen LogP contribution in [0.3, 0.4) is 0 Å². The van der Waals surface area contributed by atoms with Gasteiger partial charge in [-0.05, 0) is 72.0 Å². The van der Waals surface area contributed by atoms with Crippen molar-refractivity contribution in [3.05, 3.63) is 125 Å². The molecule has 0 aromatic heterocycles. The number of fused-ring (bicyclic) bond motifs is 2. The second-order valence-corrected chi connectivity index (χ2v) is 17.6. The van der Waals surface area contributed by atoms with E-state index in [-0.39, 0.29) is 69.2 Å². The first-order valence-corrected chi connectivity index (χ1v) is 21.7. The van der Waals surface area contributed by atoms with Gasteiger partial charge in [-0.1, -0.05) is 48.5 Å². The summed E-state index contributed by atoms with van der Waals surface area (Å²) in [5.74, 6) is -1.67. The number of nitrogens with one attached hydrogen (secondary N) is 1. The standard InChI is InChI=1S/C39H33N3O13S3/c43-38(42-17-5-9-32(42)39(44)45)28-8-3-2-7-27(28)37-29-16-13-25(40-22-24-6-1-4-10-35(24)57(49,50)51)18-33(29)55-34-20-31(36(19-30(34)37)58(52,53)54)41-21-23-11-14-26(15-12-23)56(46,47)48/h1-4,6-8,10-16,18-20,32,40H,5,9,17,21-22H2,(H,44,45)(H,46,47,48)(H,49,50,51)(H,52,53,54). The molecule has 300 valence electrons. The van der Waals surface area contributed by atoms with Gasteiger partial charge in [0.05, 0.1) is 21.7 Å². The zero-order valence-corrected chi connectivity index (χ0v) is 32.5. The Bertz CT molecular complexity index is 3000. The Morgan fingerprint density at radius 3 is 2.16 bits per heavy atom. The van der Waals surface area contributed by atoms with Crippen LogP contribution in [0.25, 0.3) is 33.4 Å². The third-order valence-electron chi connectivity index (χ3n) is 9.69. The zero-order valence-electron chi connectivity index (χ0n) is 30.0. The molecule has 0 spiro atoms. The smallest absolute Gasteiger partial charge is 0.326 e. The van der Waals surface area contributed by atoms with E-state index < -0.39 is 53.2 Å². The summed E-state index contributed by atoms with van der Waals surface area (Å²) in [7, 11) is -14.0. The predicted molar refractivity (Wildman–Crippen MR) is 209 cm³/mol. The maximum Gasteiger partial charge on any atom is 0.326 e. The van der Waals surface area contributed by atoms with Crippen LogP contribution in [0, 0.1) is 0 Å². The van der Waals surface area contributed by atoms with Crippen LogP contribution in [0.1, 0.15) is 34.3 Å². The number of carboxylic acid groups (broad SMARTS) is 1. The Hall–Kier alpha value is -5.96. The predicted octanol–water partition coefficient (Wildman–Crippen LogP) is 5.35. The maximum absolute atomic E-state index is 14.1. The van der Waals surface area contributed by atoms with Crippen molar-refractivity contribution >= 4 is 58.9 Å². The first-order chi connectivity index (χ1) is 27.4. The molecule has 2 aliphatic heterocycles. The van der Waals surface area contributed by atoms with Gasteiger partial charge < -0.3 is 19.7 Å². The SMILES string of the molecule is O=C(O)C1CCCN1C(=O)c1ccccc1-c1c2cc(S(=O)(=O)O)c(=NCc3ccc(S(=O)(=O)O)cc3)cc-2oc2cc(NCc3ccccc3S(=O)(=O)O)ccc12. The highest BCUT2D eigenvalue weighted by Gasteiger charge is 2.36. The third kappa shape index (κ3) is 8.21. The van der Waals surface area contributed by atoms with E-state index >= 15 is 0 Å². The van der Waals surface area contributed by atoms with Gasteiger partial charge in [0.15, 0.2) is 0 Å². The zero-order chi connectivity index (χ0) is 41.6. The van der Waals surface area contributed by atoms with Crippen LogP contribution in [-0.2, 0) is 48.2 Å². The summed E-state index contributed by atoms with van der Waals surface area (Å²) in [5.41, 5.74) is 2.17. The molecule has 5 N–H and O–H groups in total. The number of anilines is 1. The molecule has 7 rings (SSSR count). The molecule has 0 saturated carbocycles. The fourth-order valence-electron chi connectivity index (χ4n) is 6.99. The lowest BCUT2D eigenvalue weighted by atomic mass is 9.90. The summed E-state index contributed by atoms with van der Waals surface area (Å²) in [6.45, 7) is -0.0369. The lowest BCUT2D eigenvalue weighted by Crippen LogP contribution is -2.40. The molecule has 1 saturated heterocycles. The largest absolute Gasteiger partial charge is 0.480 e. The number of carboxylic acids is 1. The number of amides is 1. The van der Waals surface area contributed by atoms with Crippen molar-refractivity contribution in [1.82, 2.24) is 4.90 Å². The van der Waals surface area contributed by atoms with E-state index in [4.69, 9.17) is 4.42 Å². The number of rotatable bonds is 11. The second kappa shape index (κ2) is 15.4. The molecule has 4 aromatic carbocycles. The first kappa shape index (κ1) is 40.2. The van der Waals surface area contributed by atoms with Gasteiger partial charge in [0.1, 0.15) is 22.3 Å². The average molecular weight is 848 g/mol. The van der Waals surface area contributed by atoms with Crippen LogP contribution in [0.4, 0.5) is 5.69 Å². The summed E-state index contributed by atoms with van der Waals surface area (Å²) in [5, 5.41) is 13.1. The molecule has 1 atom stereocenters. The Kier molecular flexibility index (Phi) is 10.7. The molecule has 58 heavy (non-hydrogen) atoms. The van der Waals surface area contributed by atoms with Gasteiger partial charge in [-0.15, -0.1) is 0 Å². The molecule has 2 heterocycles. The van der Waals surface area contributed by atoms with Crippen LogP contribution in [0.5, 0.6) is 0 Å². The lowest BCUT2D eigenvalue weighted by molar-refractivity contribution is -0.141. The van der Waals surface area contributed by atoms with E-state index in [9.17, 15) is 53.6 Å². The number of nitrogens with zero attached hydrogens (tertiary/aromatic N) is 2. The lowest BCUT2D eigenvalue weighted by Gasteiger charge is -2.24.